The fraction of sp³-hybridized carbons (Fsp3) is 0.462. The number of aliphatic carboxylic acids is 1. The van der Waals surface area contributed by atoms with E-state index in [1.165, 1.54) is 43.2 Å². The Morgan fingerprint density at radius 2 is 1.78 bits per heavy atom. The maximum absolute atomic E-state index is 11.1. The van der Waals surface area contributed by atoms with E-state index in [9.17, 15) is 4.79 Å². The summed E-state index contributed by atoms with van der Waals surface area (Å²) in [6, 6.07) is 13.0. The minimum absolute atomic E-state index is 0.243. The molecule has 6 rings (SSSR count). The van der Waals surface area contributed by atoms with Gasteiger partial charge in [-0.25, -0.2) is 0 Å². The van der Waals surface area contributed by atoms with Crippen molar-refractivity contribution in [2.45, 2.75) is 56.9 Å². The minimum Gasteiger partial charge on any atom is -0.481 e. The lowest BCUT2D eigenvalue weighted by atomic mass is 9.84. The third-order valence-corrected chi connectivity index (χ3v) is 7.58. The smallest absolute Gasteiger partial charge is 0.309 e. The molecule has 1 saturated heterocycles. The molecule has 0 bridgehead atoms. The molecule has 1 saturated carbocycles. The van der Waals surface area contributed by atoms with Gasteiger partial charge in [-0.1, -0.05) is 48.7 Å². The number of hydrogen-bond acceptors (Lipinski definition) is 5. The summed E-state index contributed by atoms with van der Waals surface area (Å²) < 4.78 is 11.7. The van der Waals surface area contributed by atoms with Crippen LogP contribution < -0.4 is 0 Å². The predicted molar refractivity (Wildman–Crippen MR) is 119 cm³/mol. The van der Waals surface area contributed by atoms with Crippen molar-refractivity contribution >= 4 is 5.97 Å². The largest absolute Gasteiger partial charge is 0.481 e. The van der Waals surface area contributed by atoms with E-state index in [-0.39, 0.29) is 12.0 Å². The molecule has 0 spiro atoms. The summed E-state index contributed by atoms with van der Waals surface area (Å²) in [5, 5.41) is 13.4. The van der Waals surface area contributed by atoms with Gasteiger partial charge >= 0.3 is 5.97 Å². The van der Waals surface area contributed by atoms with Crippen molar-refractivity contribution in [1.82, 2.24) is 10.1 Å². The van der Waals surface area contributed by atoms with Crippen molar-refractivity contribution in [3.63, 3.8) is 0 Å². The zero-order valence-electron chi connectivity index (χ0n) is 18.1. The molecule has 0 amide bonds. The lowest BCUT2D eigenvalue weighted by Crippen LogP contribution is -2.51. The van der Waals surface area contributed by atoms with Gasteiger partial charge in [-0.2, -0.15) is 0 Å². The quantitative estimate of drug-likeness (QED) is 0.561. The van der Waals surface area contributed by atoms with Crippen molar-refractivity contribution in [1.29, 1.82) is 0 Å². The molecule has 6 nitrogen and oxygen atoms in total. The number of likely N-dealkylation sites (tertiary alicyclic amines) is 1. The highest BCUT2D eigenvalue weighted by molar-refractivity contribution is 5.71. The number of furan rings is 1. The predicted octanol–water partition coefficient (Wildman–Crippen LogP) is 5.65. The highest BCUT2D eigenvalue weighted by Gasteiger charge is 2.41. The van der Waals surface area contributed by atoms with Crippen LogP contribution in [0.25, 0.3) is 22.8 Å². The first kappa shape index (κ1) is 19.8. The number of carboxylic acid groups (broad SMARTS) is 1. The van der Waals surface area contributed by atoms with E-state index in [4.69, 9.17) is 14.0 Å². The number of aromatic nitrogens is 1. The topological polar surface area (TPSA) is 79.7 Å². The Labute approximate surface area is 187 Å². The zero-order chi connectivity index (χ0) is 21.7. The summed E-state index contributed by atoms with van der Waals surface area (Å²) in [4.78, 5) is 13.4. The number of aryl methyl sites for hydroxylation is 1. The van der Waals surface area contributed by atoms with Gasteiger partial charge in [0.1, 0.15) is 11.5 Å². The Hall–Kier alpha value is -2.86. The van der Waals surface area contributed by atoms with Crippen LogP contribution in [0, 0.1) is 5.92 Å². The van der Waals surface area contributed by atoms with Gasteiger partial charge in [0.05, 0.1) is 5.92 Å². The molecule has 2 aromatic heterocycles. The first-order valence-corrected chi connectivity index (χ1v) is 11.8. The van der Waals surface area contributed by atoms with E-state index in [2.05, 4.69) is 40.4 Å². The van der Waals surface area contributed by atoms with Gasteiger partial charge in [0.25, 0.3) is 0 Å². The van der Waals surface area contributed by atoms with E-state index in [1.807, 2.05) is 6.07 Å². The molecule has 0 radical (unpaired) electrons. The second kappa shape index (κ2) is 7.93. The summed E-state index contributed by atoms with van der Waals surface area (Å²) in [7, 11) is 0. The fourth-order valence-corrected chi connectivity index (χ4v) is 5.66. The lowest BCUT2D eigenvalue weighted by molar-refractivity contribution is -0.148. The third-order valence-electron chi connectivity index (χ3n) is 7.58. The van der Waals surface area contributed by atoms with Crippen molar-refractivity contribution < 1.29 is 18.8 Å². The standard InChI is InChI=1S/C26H28N2O4/c29-26(30)19-14-28(15-19)22-10-11-23-20(22)12-24(31-23)25-13-21(27-32-25)18-8-6-17(7-9-18)16-4-2-1-3-5-16/h6-9,12-13,16,19,22H,1-5,10-11,14-15H2,(H,29,30). The summed E-state index contributed by atoms with van der Waals surface area (Å²) in [5.74, 6) is 2.07. The van der Waals surface area contributed by atoms with Gasteiger partial charge < -0.3 is 14.0 Å². The fourth-order valence-electron chi connectivity index (χ4n) is 5.66. The average molecular weight is 433 g/mol. The molecule has 1 aromatic carbocycles. The summed E-state index contributed by atoms with van der Waals surface area (Å²) >= 11 is 0. The van der Waals surface area contributed by atoms with Crippen LogP contribution in [-0.4, -0.2) is 34.2 Å². The van der Waals surface area contributed by atoms with E-state index in [1.54, 1.807) is 0 Å². The van der Waals surface area contributed by atoms with Crippen molar-refractivity contribution in [3.8, 4) is 22.8 Å². The molecule has 3 aliphatic rings. The Kier molecular flexibility index (Phi) is 4.90. The Morgan fingerprint density at radius 3 is 2.53 bits per heavy atom. The average Bonchev–Trinajstić information content (AvgIpc) is 3.50. The first-order chi connectivity index (χ1) is 15.7. The Bertz CT molecular complexity index is 1120. The second-order valence-corrected chi connectivity index (χ2v) is 9.57. The van der Waals surface area contributed by atoms with E-state index in [0.29, 0.717) is 30.5 Å². The highest BCUT2D eigenvalue weighted by Crippen LogP contribution is 2.43. The van der Waals surface area contributed by atoms with Gasteiger partial charge in [0.2, 0.25) is 5.76 Å². The molecular formula is C26H28N2O4. The summed E-state index contributed by atoms with van der Waals surface area (Å²) in [5.41, 5.74) is 4.47. The van der Waals surface area contributed by atoms with Crippen molar-refractivity contribution in [2.75, 3.05) is 13.1 Å². The summed E-state index contributed by atoms with van der Waals surface area (Å²) in [6.45, 7) is 1.23. The van der Waals surface area contributed by atoms with Crippen LogP contribution in [0.2, 0.25) is 0 Å². The minimum atomic E-state index is -0.701. The molecule has 1 unspecified atom stereocenters. The van der Waals surface area contributed by atoms with Crippen LogP contribution in [-0.2, 0) is 11.2 Å². The number of fused-ring (bicyclic) bond motifs is 1. The van der Waals surface area contributed by atoms with Crippen LogP contribution >= 0.6 is 0 Å². The molecule has 6 heteroatoms. The van der Waals surface area contributed by atoms with Crippen LogP contribution in [0.1, 0.15) is 67.4 Å². The molecule has 1 N–H and O–H groups in total. The van der Waals surface area contributed by atoms with Crippen LogP contribution in [0.5, 0.6) is 0 Å². The number of nitrogens with zero attached hydrogens (tertiary/aromatic N) is 2. The summed E-state index contributed by atoms with van der Waals surface area (Å²) in [6.07, 6.45) is 8.50. The lowest BCUT2D eigenvalue weighted by Gasteiger charge is -2.41. The third kappa shape index (κ3) is 3.47. The number of rotatable bonds is 5. The zero-order valence-corrected chi connectivity index (χ0v) is 18.1. The molecule has 166 valence electrons. The van der Waals surface area contributed by atoms with Gasteiger partial charge in [-0.05, 0) is 36.8 Å². The van der Waals surface area contributed by atoms with E-state index in [0.717, 1.165) is 29.9 Å². The number of carbonyl (C=O) groups is 1. The Balaban J connectivity index is 1.17. The molecule has 1 aliphatic heterocycles. The maximum Gasteiger partial charge on any atom is 0.309 e. The second-order valence-electron chi connectivity index (χ2n) is 9.57. The SMILES string of the molecule is O=C(O)C1CN(C2CCc3oc(-c4cc(-c5ccc(C6CCCCC6)cc5)no4)cc32)C1. The van der Waals surface area contributed by atoms with Crippen LogP contribution in [0.3, 0.4) is 0 Å². The van der Waals surface area contributed by atoms with Gasteiger partial charge in [-0.15, -0.1) is 0 Å². The number of carboxylic acids is 1. The Morgan fingerprint density at radius 1 is 1.00 bits per heavy atom. The van der Waals surface area contributed by atoms with E-state index >= 15 is 0 Å². The normalized spacial score (nSPS) is 22.1. The van der Waals surface area contributed by atoms with Gasteiger partial charge in [0, 0.05) is 42.7 Å². The highest BCUT2D eigenvalue weighted by atomic mass is 16.5. The molecule has 2 fully saturated rings. The molecule has 3 aromatic rings. The first-order valence-electron chi connectivity index (χ1n) is 11.8. The van der Waals surface area contributed by atoms with Crippen molar-refractivity contribution in [3.05, 3.63) is 53.3 Å². The van der Waals surface area contributed by atoms with Gasteiger partial charge in [0.15, 0.2) is 5.76 Å². The number of hydrogen-bond donors (Lipinski definition) is 1. The van der Waals surface area contributed by atoms with Gasteiger partial charge in [-0.3, -0.25) is 9.69 Å². The molecular weight excluding hydrogens is 404 g/mol. The van der Waals surface area contributed by atoms with Crippen molar-refractivity contribution in [2.24, 2.45) is 5.92 Å². The molecule has 3 heterocycles. The number of benzene rings is 1. The van der Waals surface area contributed by atoms with Crippen LogP contribution in [0.15, 0.2) is 45.3 Å². The molecule has 1 atom stereocenters. The molecule has 32 heavy (non-hydrogen) atoms. The van der Waals surface area contributed by atoms with Crippen LogP contribution in [0.4, 0.5) is 0 Å². The van der Waals surface area contributed by atoms with E-state index < -0.39 is 5.97 Å². The molecule has 2 aliphatic carbocycles. The maximum atomic E-state index is 11.1. The monoisotopic (exact) mass is 432 g/mol.